The molecule has 0 fully saturated rings. The maximum atomic E-state index is 13.5. The summed E-state index contributed by atoms with van der Waals surface area (Å²) in [5, 5.41) is 3.26. The molecule has 0 heterocycles. The lowest BCUT2D eigenvalue weighted by molar-refractivity contribution is -0.139. The number of nitrogens with zero attached hydrogens (tertiary/aromatic N) is 2. The maximum Gasteiger partial charge on any atom is 0.244 e. The molecule has 2 aromatic rings. The molecule has 0 unspecified atom stereocenters. The summed E-state index contributed by atoms with van der Waals surface area (Å²) < 4.78 is 26.4. The van der Waals surface area contributed by atoms with Gasteiger partial charge in [-0.3, -0.25) is 13.9 Å². The molecule has 0 bridgehead atoms. The van der Waals surface area contributed by atoms with Gasteiger partial charge in [0.1, 0.15) is 12.6 Å². The molecule has 0 aliphatic rings. The van der Waals surface area contributed by atoms with Gasteiger partial charge in [-0.1, -0.05) is 54.4 Å². The van der Waals surface area contributed by atoms with Gasteiger partial charge in [-0.25, -0.2) is 8.42 Å². The third-order valence-corrected chi connectivity index (χ3v) is 6.81. The number of carbonyl (C=O) groups is 2. The molecule has 0 aliphatic heterocycles. The van der Waals surface area contributed by atoms with Gasteiger partial charge in [0.15, 0.2) is 0 Å². The number of hydrogen-bond donors (Lipinski definition) is 1. The first-order valence-corrected chi connectivity index (χ1v) is 13.0. The number of halogens is 1. The van der Waals surface area contributed by atoms with Gasteiger partial charge in [0, 0.05) is 18.1 Å². The molecule has 0 aliphatic carbocycles. The molecule has 7 nitrogen and oxygen atoms in total. The Labute approximate surface area is 201 Å². The Hall–Kier alpha value is -2.58. The maximum absolute atomic E-state index is 13.5. The topological polar surface area (TPSA) is 86.8 Å². The highest BCUT2D eigenvalue weighted by Gasteiger charge is 2.30. The summed E-state index contributed by atoms with van der Waals surface area (Å²) in [5.74, 6) is -0.811. The van der Waals surface area contributed by atoms with E-state index in [0.717, 1.165) is 28.1 Å². The fourth-order valence-corrected chi connectivity index (χ4v) is 4.57. The summed E-state index contributed by atoms with van der Waals surface area (Å²) in [6.45, 7) is 7.40. The van der Waals surface area contributed by atoms with Crippen molar-refractivity contribution in [3.63, 3.8) is 0 Å². The smallest absolute Gasteiger partial charge is 0.244 e. The van der Waals surface area contributed by atoms with Crippen molar-refractivity contribution in [3.8, 4) is 0 Å². The number of carbonyl (C=O) groups excluding carboxylic acids is 2. The van der Waals surface area contributed by atoms with Crippen LogP contribution in [0.1, 0.15) is 37.0 Å². The average Bonchev–Trinajstić information content (AvgIpc) is 2.74. The van der Waals surface area contributed by atoms with Gasteiger partial charge in [-0.15, -0.1) is 0 Å². The second kappa shape index (κ2) is 11.5. The summed E-state index contributed by atoms with van der Waals surface area (Å²) in [4.78, 5) is 27.6. The summed E-state index contributed by atoms with van der Waals surface area (Å²) in [7, 11) is -3.76. The highest BCUT2D eigenvalue weighted by atomic mass is 35.5. The largest absolute Gasteiger partial charge is 0.354 e. The van der Waals surface area contributed by atoms with E-state index < -0.39 is 28.5 Å². The van der Waals surface area contributed by atoms with Crippen molar-refractivity contribution >= 4 is 39.1 Å². The molecule has 0 saturated heterocycles. The molecule has 0 aromatic heterocycles. The molecule has 33 heavy (non-hydrogen) atoms. The molecule has 1 N–H and O–H groups in total. The molecule has 2 aromatic carbocycles. The second-order valence-corrected chi connectivity index (χ2v) is 10.5. The fourth-order valence-electron chi connectivity index (χ4n) is 3.47. The van der Waals surface area contributed by atoms with Crippen molar-refractivity contribution in [2.24, 2.45) is 0 Å². The molecule has 1 atom stereocenters. The van der Waals surface area contributed by atoms with Gasteiger partial charge in [0.2, 0.25) is 21.8 Å². The lowest BCUT2D eigenvalue weighted by atomic mass is 10.1. The molecular weight excluding hydrogens is 462 g/mol. The summed E-state index contributed by atoms with van der Waals surface area (Å²) in [6.07, 6.45) is 1.82. The van der Waals surface area contributed by atoms with E-state index in [0.29, 0.717) is 22.8 Å². The zero-order valence-electron chi connectivity index (χ0n) is 19.8. The van der Waals surface area contributed by atoms with Crippen LogP contribution in [0.25, 0.3) is 0 Å². The van der Waals surface area contributed by atoms with Crippen molar-refractivity contribution < 1.29 is 18.0 Å². The van der Waals surface area contributed by atoms with E-state index in [1.165, 1.54) is 4.90 Å². The lowest BCUT2D eigenvalue weighted by Crippen LogP contribution is -2.51. The van der Waals surface area contributed by atoms with Gasteiger partial charge in [-0.2, -0.15) is 0 Å². The van der Waals surface area contributed by atoms with Crippen LogP contribution >= 0.6 is 11.6 Å². The lowest BCUT2D eigenvalue weighted by Gasteiger charge is -2.32. The normalized spacial score (nSPS) is 12.2. The first kappa shape index (κ1) is 26.7. The zero-order chi connectivity index (χ0) is 24.8. The van der Waals surface area contributed by atoms with Gasteiger partial charge < -0.3 is 10.2 Å². The van der Waals surface area contributed by atoms with E-state index in [-0.39, 0.29) is 12.5 Å². The number of benzene rings is 2. The van der Waals surface area contributed by atoms with Crippen LogP contribution in [0.4, 0.5) is 5.69 Å². The monoisotopic (exact) mass is 493 g/mol. The van der Waals surface area contributed by atoms with E-state index in [2.05, 4.69) is 5.32 Å². The van der Waals surface area contributed by atoms with Gasteiger partial charge in [0.25, 0.3) is 0 Å². The highest BCUT2D eigenvalue weighted by Crippen LogP contribution is 2.25. The number of anilines is 1. The Morgan fingerprint density at radius 3 is 2.36 bits per heavy atom. The van der Waals surface area contributed by atoms with Crippen LogP contribution in [-0.4, -0.2) is 50.5 Å². The molecule has 0 radical (unpaired) electrons. The van der Waals surface area contributed by atoms with Crippen LogP contribution in [0.3, 0.4) is 0 Å². The van der Waals surface area contributed by atoms with E-state index in [1.54, 1.807) is 50.2 Å². The Morgan fingerprint density at radius 1 is 1.12 bits per heavy atom. The van der Waals surface area contributed by atoms with E-state index in [4.69, 9.17) is 11.6 Å². The predicted molar refractivity (Wildman–Crippen MR) is 133 cm³/mol. The minimum atomic E-state index is -3.76. The van der Waals surface area contributed by atoms with Crippen molar-refractivity contribution in [2.45, 2.75) is 46.7 Å². The first-order chi connectivity index (χ1) is 15.5. The van der Waals surface area contributed by atoms with Crippen molar-refractivity contribution in [3.05, 3.63) is 64.2 Å². The van der Waals surface area contributed by atoms with Crippen LogP contribution in [0.2, 0.25) is 5.02 Å². The number of rotatable bonds is 10. The third kappa shape index (κ3) is 7.20. The van der Waals surface area contributed by atoms with Crippen LogP contribution in [0.15, 0.2) is 42.5 Å². The first-order valence-electron chi connectivity index (χ1n) is 10.8. The number of aryl methyl sites for hydroxylation is 2. The highest BCUT2D eigenvalue weighted by molar-refractivity contribution is 7.92. The van der Waals surface area contributed by atoms with E-state index in [1.807, 2.05) is 19.9 Å². The molecule has 2 rings (SSSR count). The number of nitrogens with one attached hydrogen (secondary N) is 1. The van der Waals surface area contributed by atoms with Gasteiger partial charge in [0.05, 0.1) is 11.9 Å². The van der Waals surface area contributed by atoms with Crippen LogP contribution in [0.5, 0.6) is 0 Å². The Kier molecular flexibility index (Phi) is 9.31. The van der Waals surface area contributed by atoms with Crippen molar-refractivity contribution in [1.82, 2.24) is 10.2 Å². The Bertz CT molecular complexity index is 1100. The Balaban J connectivity index is 2.42. The number of hydrogen-bond acceptors (Lipinski definition) is 4. The van der Waals surface area contributed by atoms with Gasteiger partial charge >= 0.3 is 0 Å². The predicted octanol–water partition coefficient (Wildman–Crippen LogP) is 3.67. The van der Waals surface area contributed by atoms with E-state index >= 15 is 0 Å². The minimum absolute atomic E-state index is 0.0731. The molecule has 0 spiro atoms. The molecule has 0 saturated carbocycles. The van der Waals surface area contributed by atoms with Crippen molar-refractivity contribution in [1.29, 1.82) is 0 Å². The average molecular weight is 494 g/mol. The SMILES string of the molecule is CCCNC(=O)[C@@H](C)N(Cc1ccccc1Cl)C(=O)CN(c1ccc(C)cc1C)S(C)(=O)=O. The number of amides is 2. The second-order valence-electron chi connectivity index (χ2n) is 8.14. The fraction of sp³-hybridized carbons (Fsp3) is 0.417. The minimum Gasteiger partial charge on any atom is -0.354 e. The molecular formula is C24H32ClN3O4S. The molecule has 180 valence electrons. The van der Waals surface area contributed by atoms with Crippen molar-refractivity contribution in [2.75, 3.05) is 23.7 Å². The Morgan fingerprint density at radius 2 is 1.79 bits per heavy atom. The third-order valence-electron chi connectivity index (χ3n) is 5.32. The molecule has 2 amide bonds. The molecule has 9 heteroatoms. The summed E-state index contributed by atoms with van der Waals surface area (Å²) in [5.41, 5.74) is 2.81. The van der Waals surface area contributed by atoms with Gasteiger partial charge in [-0.05, 0) is 50.5 Å². The number of sulfonamides is 1. The zero-order valence-corrected chi connectivity index (χ0v) is 21.3. The van der Waals surface area contributed by atoms with E-state index in [9.17, 15) is 18.0 Å². The summed E-state index contributed by atoms with van der Waals surface area (Å²) in [6, 6.07) is 11.6. The van der Waals surface area contributed by atoms with Crippen LogP contribution < -0.4 is 9.62 Å². The standard InChI is InChI=1S/C24H32ClN3O4S/c1-6-13-26-24(30)19(4)27(15-20-9-7-8-10-21(20)25)23(29)16-28(33(5,31)32)22-12-11-17(2)14-18(22)3/h7-12,14,19H,6,13,15-16H2,1-5H3,(H,26,30)/t19-/m1/s1. The van der Waals surface area contributed by atoms with Crippen LogP contribution in [0, 0.1) is 13.8 Å². The quantitative estimate of drug-likeness (QED) is 0.547. The van der Waals surface area contributed by atoms with Crippen LogP contribution in [-0.2, 0) is 26.2 Å². The summed E-state index contributed by atoms with van der Waals surface area (Å²) >= 11 is 6.31.